The Morgan fingerprint density at radius 1 is 1.50 bits per heavy atom. The average Bonchev–Trinajstić information content (AvgIpc) is 2.85. The van der Waals surface area contributed by atoms with Crippen LogP contribution < -0.4 is 5.32 Å². The molecule has 2 rings (SSSR count). The average molecular weight is 222 g/mol. The molecule has 0 radical (unpaired) electrons. The van der Waals surface area contributed by atoms with Crippen LogP contribution in [-0.2, 0) is 6.54 Å². The fourth-order valence-electron chi connectivity index (χ4n) is 2.33. The highest BCUT2D eigenvalue weighted by molar-refractivity contribution is 4.84. The zero-order valence-corrected chi connectivity index (χ0v) is 10.3. The van der Waals surface area contributed by atoms with E-state index >= 15 is 0 Å². The molecule has 90 valence electrons. The standard InChI is InChI=1S/C12H22N4/c1-11-8-12(9-15(11)2)14-4-3-6-16-7-5-13-10-16/h5,7,10-12,14H,3-4,6,8-9H2,1-2H3. The second-order valence-corrected chi connectivity index (χ2v) is 4.83. The number of aromatic nitrogens is 2. The molecule has 1 aromatic heterocycles. The van der Waals surface area contributed by atoms with Crippen molar-refractivity contribution in [2.24, 2.45) is 0 Å². The lowest BCUT2D eigenvalue weighted by atomic mass is 10.2. The molecule has 2 atom stereocenters. The lowest BCUT2D eigenvalue weighted by Crippen LogP contribution is -2.32. The Hall–Kier alpha value is -0.870. The first-order valence-electron chi connectivity index (χ1n) is 6.15. The van der Waals surface area contributed by atoms with Gasteiger partial charge in [-0.05, 0) is 33.4 Å². The maximum atomic E-state index is 4.03. The molecule has 16 heavy (non-hydrogen) atoms. The van der Waals surface area contributed by atoms with Crippen molar-refractivity contribution in [3.63, 3.8) is 0 Å². The van der Waals surface area contributed by atoms with Crippen LogP contribution in [0.4, 0.5) is 0 Å². The van der Waals surface area contributed by atoms with Crippen LogP contribution in [0.5, 0.6) is 0 Å². The number of likely N-dealkylation sites (tertiary alicyclic amines) is 1. The first-order chi connectivity index (χ1) is 7.75. The van der Waals surface area contributed by atoms with Crippen molar-refractivity contribution in [1.29, 1.82) is 0 Å². The third-order valence-corrected chi connectivity index (χ3v) is 3.47. The molecule has 4 heteroatoms. The molecule has 0 aliphatic carbocycles. The van der Waals surface area contributed by atoms with Gasteiger partial charge in [-0.15, -0.1) is 0 Å². The van der Waals surface area contributed by atoms with Gasteiger partial charge in [0.05, 0.1) is 6.33 Å². The third kappa shape index (κ3) is 3.06. The lowest BCUT2D eigenvalue weighted by molar-refractivity contribution is 0.326. The summed E-state index contributed by atoms with van der Waals surface area (Å²) in [6.45, 7) is 5.65. The molecule has 0 spiro atoms. The lowest BCUT2D eigenvalue weighted by Gasteiger charge is -2.13. The number of nitrogens with zero attached hydrogens (tertiary/aromatic N) is 3. The zero-order chi connectivity index (χ0) is 11.4. The molecule has 1 aromatic rings. The van der Waals surface area contributed by atoms with Crippen molar-refractivity contribution >= 4 is 0 Å². The first kappa shape index (κ1) is 11.6. The number of rotatable bonds is 5. The fourth-order valence-corrected chi connectivity index (χ4v) is 2.33. The summed E-state index contributed by atoms with van der Waals surface area (Å²) in [5.74, 6) is 0. The maximum Gasteiger partial charge on any atom is 0.0945 e. The Morgan fingerprint density at radius 3 is 3.00 bits per heavy atom. The number of hydrogen-bond acceptors (Lipinski definition) is 3. The minimum absolute atomic E-state index is 0.683. The highest BCUT2D eigenvalue weighted by Crippen LogP contribution is 2.14. The Bertz CT molecular complexity index is 286. The Morgan fingerprint density at radius 2 is 2.38 bits per heavy atom. The summed E-state index contributed by atoms with van der Waals surface area (Å²) in [5, 5.41) is 3.63. The molecular formula is C12H22N4. The van der Waals surface area contributed by atoms with Gasteiger partial charge in [-0.3, -0.25) is 0 Å². The van der Waals surface area contributed by atoms with E-state index in [1.807, 2.05) is 18.7 Å². The molecule has 0 amide bonds. The smallest absolute Gasteiger partial charge is 0.0945 e. The molecule has 1 fully saturated rings. The van der Waals surface area contributed by atoms with Gasteiger partial charge in [0.2, 0.25) is 0 Å². The largest absolute Gasteiger partial charge is 0.337 e. The first-order valence-corrected chi connectivity index (χ1v) is 6.15. The monoisotopic (exact) mass is 222 g/mol. The van der Waals surface area contributed by atoms with Crippen LogP contribution in [-0.4, -0.2) is 46.7 Å². The molecule has 0 saturated carbocycles. The molecule has 1 aliphatic heterocycles. The van der Waals surface area contributed by atoms with E-state index in [1.54, 1.807) is 0 Å². The van der Waals surface area contributed by atoms with E-state index in [0.717, 1.165) is 19.1 Å². The SMILES string of the molecule is CC1CC(NCCCn2ccnc2)CN1C. The predicted molar refractivity (Wildman–Crippen MR) is 65.3 cm³/mol. The molecule has 1 aliphatic rings. The maximum absolute atomic E-state index is 4.03. The Kier molecular flexibility index (Phi) is 3.96. The fraction of sp³-hybridized carbons (Fsp3) is 0.750. The van der Waals surface area contributed by atoms with Gasteiger partial charge in [0.1, 0.15) is 0 Å². The van der Waals surface area contributed by atoms with Gasteiger partial charge in [0.25, 0.3) is 0 Å². The molecule has 2 unspecified atom stereocenters. The van der Waals surface area contributed by atoms with E-state index in [1.165, 1.54) is 19.4 Å². The molecule has 2 heterocycles. The molecular weight excluding hydrogens is 200 g/mol. The highest BCUT2D eigenvalue weighted by Gasteiger charge is 2.24. The van der Waals surface area contributed by atoms with Crippen LogP contribution in [0.25, 0.3) is 0 Å². The third-order valence-electron chi connectivity index (χ3n) is 3.47. The zero-order valence-electron chi connectivity index (χ0n) is 10.3. The predicted octanol–water partition coefficient (Wildman–Crippen LogP) is 0.955. The Labute approximate surface area is 97.7 Å². The van der Waals surface area contributed by atoms with Gasteiger partial charge in [0.15, 0.2) is 0 Å². The molecule has 1 N–H and O–H groups in total. The van der Waals surface area contributed by atoms with Crippen LogP contribution in [0.2, 0.25) is 0 Å². The highest BCUT2D eigenvalue weighted by atomic mass is 15.2. The summed E-state index contributed by atoms with van der Waals surface area (Å²) in [6.07, 6.45) is 8.18. The molecule has 4 nitrogen and oxygen atoms in total. The second kappa shape index (κ2) is 5.46. The number of hydrogen-bond donors (Lipinski definition) is 1. The number of nitrogens with one attached hydrogen (secondary N) is 1. The minimum Gasteiger partial charge on any atom is -0.337 e. The van der Waals surface area contributed by atoms with Crippen molar-refractivity contribution in [3.05, 3.63) is 18.7 Å². The van der Waals surface area contributed by atoms with E-state index in [2.05, 4.69) is 33.7 Å². The minimum atomic E-state index is 0.683. The summed E-state index contributed by atoms with van der Waals surface area (Å²) in [5.41, 5.74) is 0. The van der Waals surface area contributed by atoms with Gasteiger partial charge in [-0.1, -0.05) is 0 Å². The van der Waals surface area contributed by atoms with E-state index in [9.17, 15) is 0 Å². The number of likely N-dealkylation sites (N-methyl/N-ethyl adjacent to an activating group) is 1. The van der Waals surface area contributed by atoms with Crippen LogP contribution in [0.1, 0.15) is 19.8 Å². The van der Waals surface area contributed by atoms with Crippen LogP contribution in [0, 0.1) is 0 Å². The summed E-state index contributed by atoms with van der Waals surface area (Å²) in [4.78, 5) is 6.46. The van der Waals surface area contributed by atoms with Crippen molar-refractivity contribution in [2.45, 2.75) is 38.4 Å². The van der Waals surface area contributed by atoms with Gasteiger partial charge < -0.3 is 14.8 Å². The van der Waals surface area contributed by atoms with Crippen molar-refractivity contribution < 1.29 is 0 Å². The topological polar surface area (TPSA) is 33.1 Å². The summed E-state index contributed by atoms with van der Waals surface area (Å²) in [7, 11) is 2.21. The molecule has 0 aromatic carbocycles. The van der Waals surface area contributed by atoms with E-state index in [-0.39, 0.29) is 0 Å². The van der Waals surface area contributed by atoms with Crippen molar-refractivity contribution in [2.75, 3.05) is 20.1 Å². The van der Waals surface area contributed by atoms with E-state index < -0.39 is 0 Å². The normalized spacial score (nSPS) is 26.4. The van der Waals surface area contributed by atoms with E-state index in [4.69, 9.17) is 0 Å². The number of aryl methyl sites for hydroxylation is 1. The molecule has 0 bridgehead atoms. The second-order valence-electron chi connectivity index (χ2n) is 4.83. The van der Waals surface area contributed by atoms with Crippen LogP contribution in [0.15, 0.2) is 18.7 Å². The van der Waals surface area contributed by atoms with Gasteiger partial charge in [-0.2, -0.15) is 0 Å². The van der Waals surface area contributed by atoms with E-state index in [0.29, 0.717) is 6.04 Å². The number of imidazole rings is 1. The summed E-state index contributed by atoms with van der Waals surface area (Å²) >= 11 is 0. The van der Waals surface area contributed by atoms with Gasteiger partial charge >= 0.3 is 0 Å². The molecule has 1 saturated heterocycles. The van der Waals surface area contributed by atoms with Gasteiger partial charge in [0, 0.05) is 37.6 Å². The van der Waals surface area contributed by atoms with Crippen molar-refractivity contribution in [1.82, 2.24) is 19.8 Å². The van der Waals surface area contributed by atoms with Crippen LogP contribution in [0.3, 0.4) is 0 Å². The van der Waals surface area contributed by atoms with Gasteiger partial charge in [-0.25, -0.2) is 4.98 Å². The van der Waals surface area contributed by atoms with Crippen LogP contribution >= 0.6 is 0 Å². The quantitative estimate of drug-likeness (QED) is 0.753. The summed E-state index contributed by atoms with van der Waals surface area (Å²) in [6, 6.07) is 1.41. The summed E-state index contributed by atoms with van der Waals surface area (Å²) < 4.78 is 2.13. The van der Waals surface area contributed by atoms with Crippen molar-refractivity contribution in [3.8, 4) is 0 Å². The Balaban J connectivity index is 1.59.